The summed E-state index contributed by atoms with van der Waals surface area (Å²) in [5.74, 6) is 2.37. The quantitative estimate of drug-likeness (QED) is 0.731. The first-order valence-corrected chi connectivity index (χ1v) is 8.25. The first-order chi connectivity index (χ1) is 10.1. The summed E-state index contributed by atoms with van der Waals surface area (Å²) in [6.07, 6.45) is 7.27. The molecule has 0 radical (unpaired) electrons. The zero-order valence-electron chi connectivity index (χ0n) is 12.6. The lowest BCUT2D eigenvalue weighted by Gasteiger charge is -2.48. The van der Waals surface area contributed by atoms with Gasteiger partial charge >= 0.3 is 0 Å². The third kappa shape index (κ3) is 1.77. The van der Waals surface area contributed by atoms with Crippen LogP contribution in [0, 0.1) is 17.3 Å². The lowest BCUT2D eigenvalue weighted by Crippen LogP contribution is -2.42. The number of rotatable bonds is 1. The molecule has 0 heterocycles. The zero-order valence-corrected chi connectivity index (χ0v) is 12.6. The summed E-state index contributed by atoms with van der Waals surface area (Å²) in [5, 5.41) is 0. The molecule has 2 saturated carbocycles. The molecular weight excluding hydrogens is 260 g/mol. The maximum atomic E-state index is 12.3. The van der Waals surface area contributed by atoms with E-state index in [1.54, 1.807) is 0 Å². The van der Waals surface area contributed by atoms with Crippen LogP contribution in [0.5, 0.6) is 0 Å². The number of carbonyl (C=O) groups excluding carboxylic acids is 2. The number of fused-ring (bicyclic) bond motifs is 5. The van der Waals surface area contributed by atoms with Crippen molar-refractivity contribution in [2.45, 2.75) is 51.4 Å². The molecular formula is C19H22O2. The third-order valence-electron chi connectivity index (χ3n) is 6.60. The van der Waals surface area contributed by atoms with Crippen molar-refractivity contribution < 1.29 is 9.59 Å². The van der Waals surface area contributed by atoms with Crippen LogP contribution < -0.4 is 0 Å². The highest BCUT2D eigenvalue weighted by molar-refractivity contribution is 5.87. The lowest BCUT2D eigenvalue weighted by molar-refractivity contribution is -0.129. The standard InChI is InChI=1S/C19H22O2/c1-19-9-8-15-14-4-2-12(11-20)10-13(14)3-5-16(15)17(19)6-7-18(19)21/h2,4,10-11,15-17H,3,5-9H2,1H3/t15?,16?,17?,19-/m0/s1. The average molecular weight is 282 g/mol. The van der Waals surface area contributed by atoms with Crippen LogP contribution in [0.15, 0.2) is 18.2 Å². The molecule has 110 valence electrons. The number of aryl methyl sites for hydroxylation is 1. The van der Waals surface area contributed by atoms with Gasteiger partial charge in [0.25, 0.3) is 0 Å². The minimum atomic E-state index is -0.0403. The van der Waals surface area contributed by atoms with Gasteiger partial charge in [-0.3, -0.25) is 9.59 Å². The van der Waals surface area contributed by atoms with Crippen LogP contribution in [0.25, 0.3) is 0 Å². The zero-order chi connectivity index (χ0) is 14.6. The normalized spacial score (nSPS) is 37.6. The molecule has 0 N–H and O–H groups in total. The molecule has 1 aromatic carbocycles. The number of hydrogen-bond acceptors (Lipinski definition) is 2. The monoisotopic (exact) mass is 282 g/mol. The van der Waals surface area contributed by atoms with Crippen LogP contribution in [0.2, 0.25) is 0 Å². The molecule has 3 aliphatic carbocycles. The van der Waals surface area contributed by atoms with Gasteiger partial charge in [0.1, 0.15) is 12.1 Å². The van der Waals surface area contributed by atoms with Crippen molar-refractivity contribution >= 4 is 12.1 Å². The molecule has 3 aliphatic rings. The van der Waals surface area contributed by atoms with Crippen LogP contribution in [-0.4, -0.2) is 12.1 Å². The molecule has 0 aliphatic heterocycles. The SMILES string of the molecule is C[C@]12CCC3c4ccc(C=O)cc4CCC3C1CCC2=O. The van der Waals surface area contributed by atoms with Crippen molar-refractivity contribution in [1.82, 2.24) is 0 Å². The Morgan fingerprint density at radius 1 is 1.19 bits per heavy atom. The first kappa shape index (κ1) is 13.2. The number of hydrogen-bond donors (Lipinski definition) is 0. The Morgan fingerprint density at radius 2 is 2.05 bits per heavy atom. The van der Waals surface area contributed by atoms with Gasteiger partial charge in [0.15, 0.2) is 0 Å². The third-order valence-corrected chi connectivity index (χ3v) is 6.60. The van der Waals surface area contributed by atoms with Crippen molar-refractivity contribution in [1.29, 1.82) is 0 Å². The fourth-order valence-electron chi connectivity index (χ4n) is 5.45. The maximum absolute atomic E-state index is 12.3. The Labute approximate surface area is 125 Å². The Balaban J connectivity index is 1.71. The summed E-state index contributed by atoms with van der Waals surface area (Å²) in [7, 11) is 0. The van der Waals surface area contributed by atoms with Crippen LogP contribution >= 0.6 is 0 Å². The van der Waals surface area contributed by atoms with Crippen LogP contribution in [0.3, 0.4) is 0 Å². The second kappa shape index (κ2) is 4.53. The number of Topliss-reactive ketones (excluding diaryl/α,β-unsaturated/α-hetero) is 1. The Hall–Kier alpha value is -1.44. The highest BCUT2D eigenvalue weighted by Gasteiger charge is 2.54. The maximum Gasteiger partial charge on any atom is 0.150 e. The second-order valence-corrected chi connectivity index (χ2v) is 7.41. The molecule has 0 bridgehead atoms. The lowest BCUT2D eigenvalue weighted by atomic mass is 9.55. The van der Waals surface area contributed by atoms with E-state index in [0.717, 1.165) is 44.0 Å². The van der Waals surface area contributed by atoms with Crippen LogP contribution in [-0.2, 0) is 11.2 Å². The summed E-state index contributed by atoms with van der Waals surface area (Å²) in [5.41, 5.74) is 3.58. The van der Waals surface area contributed by atoms with Gasteiger partial charge < -0.3 is 0 Å². The molecule has 0 saturated heterocycles. The summed E-state index contributed by atoms with van der Waals surface area (Å²) in [6.45, 7) is 2.22. The van der Waals surface area contributed by atoms with Crippen LogP contribution in [0.4, 0.5) is 0 Å². The van der Waals surface area contributed by atoms with E-state index in [2.05, 4.69) is 19.1 Å². The van der Waals surface area contributed by atoms with E-state index >= 15 is 0 Å². The van der Waals surface area contributed by atoms with Gasteiger partial charge in [0.2, 0.25) is 0 Å². The van der Waals surface area contributed by atoms with E-state index < -0.39 is 0 Å². The van der Waals surface area contributed by atoms with Crippen molar-refractivity contribution in [2.24, 2.45) is 17.3 Å². The second-order valence-electron chi connectivity index (χ2n) is 7.41. The van der Waals surface area contributed by atoms with Gasteiger partial charge in [-0.2, -0.15) is 0 Å². The van der Waals surface area contributed by atoms with E-state index in [1.165, 1.54) is 17.5 Å². The van der Waals surface area contributed by atoms with Crippen molar-refractivity contribution in [3.05, 3.63) is 34.9 Å². The molecule has 2 fully saturated rings. The van der Waals surface area contributed by atoms with Gasteiger partial charge in [0.05, 0.1) is 0 Å². The van der Waals surface area contributed by atoms with Gasteiger partial charge in [-0.1, -0.05) is 19.1 Å². The van der Waals surface area contributed by atoms with E-state index in [4.69, 9.17) is 0 Å². The molecule has 21 heavy (non-hydrogen) atoms. The van der Waals surface area contributed by atoms with Gasteiger partial charge in [-0.15, -0.1) is 0 Å². The largest absolute Gasteiger partial charge is 0.299 e. The number of ketones is 1. The minimum Gasteiger partial charge on any atom is -0.299 e. The molecule has 0 amide bonds. The fourth-order valence-corrected chi connectivity index (χ4v) is 5.45. The predicted molar refractivity (Wildman–Crippen MR) is 81.5 cm³/mol. The summed E-state index contributed by atoms with van der Waals surface area (Å²) in [4.78, 5) is 23.3. The molecule has 1 aromatic rings. The molecule has 2 nitrogen and oxygen atoms in total. The number of aldehydes is 1. The Morgan fingerprint density at radius 3 is 2.86 bits per heavy atom. The highest BCUT2D eigenvalue weighted by atomic mass is 16.1. The average Bonchev–Trinajstić information content (AvgIpc) is 2.82. The van der Waals surface area contributed by atoms with Crippen molar-refractivity contribution in [3.8, 4) is 0 Å². The summed E-state index contributed by atoms with van der Waals surface area (Å²) < 4.78 is 0. The van der Waals surface area contributed by atoms with E-state index in [1.807, 2.05) is 6.07 Å². The minimum absolute atomic E-state index is 0.0403. The first-order valence-electron chi connectivity index (χ1n) is 8.25. The summed E-state index contributed by atoms with van der Waals surface area (Å²) >= 11 is 0. The Bertz CT molecular complexity index is 618. The van der Waals surface area contributed by atoms with E-state index in [-0.39, 0.29) is 5.41 Å². The molecule has 2 heteroatoms. The van der Waals surface area contributed by atoms with Crippen molar-refractivity contribution in [3.63, 3.8) is 0 Å². The molecule has 4 rings (SSSR count). The topological polar surface area (TPSA) is 34.1 Å². The van der Waals surface area contributed by atoms with Gasteiger partial charge in [0, 0.05) is 17.4 Å². The van der Waals surface area contributed by atoms with E-state index in [0.29, 0.717) is 23.5 Å². The molecule has 0 spiro atoms. The Kier molecular flexibility index (Phi) is 2.85. The number of benzene rings is 1. The summed E-state index contributed by atoms with van der Waals surface area (Å²) in [6, 6.07) is 6.21. The number of carbonyl (C=O) groups is 2. The van der Waals surface area contributed by atoms with Gasteiger partial charge in [-0.05, 0) is 67.1 Å². The fraction of sp³-hybridized carbons (Fsp3) is 0.579. The molecule has 4 atom stereocenters. The van der Waals surface area contributed by atoms with Crippen LogP contribution in [0.1, 0.15) is 66.4 Å². The molecule has 0 aromatic heterocycles. The van der Waals surface area contributed by atoms with E-state index in [9.17, 15) is 9.59 Å². The van der Waals surface area contributed by atoms with Gasteiger partial charge in [-0.25, -0.2) is 0 Å². The van der Waals surface area contributed by atoms with Crippen molar-refractivity contribution in [2.75, 3.05) is 0 Å². The predicted octanol–water partition coefficient (Wildman–Crippen LogP) is 3.92. The highest BCUT2D eigenvalue weighted by Crippen LogP contribution is 2.59. The molecule has 3 unspecified atom stereocenters. The smallest absolute Gasteiger partial charge is 0.150 e.